The van der Waals surface area contributed by atoms with Crippen molar-refractivity contribution in [3.63, 3.8) is 0 Å². The third-order valence-corrected chi connectivity index (χ3v) is 6.13. The van der Waals surface area contributed by atoms with Crippen molar-refractivity contribution >= 4 is 23.0 Å². The first-order valence-corrected chi connectivity index (χ1v) is 12.0. The molecule has 0 amide bonds. The fourth-order valence-electron chi connectivity index (χ4n) is 3.76. The Labute approximate surface area is 245 Å². The van der Waals surface area contributed by atoms with Crippen LogP contribution in [0.25, 0.3) is 9.69 Å². The van der Waals surface area contributed by atoms with Crippen LogP contribution in [0.4, 0.5) is 49.4 Å². The summed E-state index contributed by atoms with van der Waals surface area (Å²) in [7, 11) is 0. The molecule has 0 saturated heterocycles. The van der Waals surface area contributed by atoms with Crippen molar-refractivity contribution in [1.29, 1.82) is 10.5 Å². The normalized spacial score (nSPS) is 12.5. The molecule has 0 saturated carbocycles. The van der Waals surface area contributed by atoms with Crippen LogP contribution in [0.5, 0.6) is 0 Å². The van der Waals surface area contributed by atoms with Gasteiger partial charge in [0.1, 0.15) is 35.2 Å². The molecule has 12 nitrogen and oxygen atoms in total. The molecule has 2 atom stereocenters. The van der Waals surface area contributed by atoms with Crippen molar-refractivity contribution in [3.05, 3.63) is 93.4 Å². The van der Waals surface area contributed by atoms with Gasteiger partial charge in [-0.3, -0.25) is 19.3 Å². The summed E-state index contributed by atoms with van der Waals surface area (Å²) >= 11 is 0. The van der Waals surface area contributed by atoms with Gasteiger partial charge in [0.2, 0.25) is 0 Å². The SMILES string of the molecule is [C-]#[N+]c1c(C#N)nn([C@@H](C)c2ccc(C(F)(F)F)nc2)c1N.[C-]#[N+]c1c(C#N)nn([C@H](C)c2ccc(C(F)(F)F)nc2)c1N. The summed E-state index contributed by atoms with van der Waals surface area (Å²) in [5.74, 6) is -0.0297. The first-order chi connectivity index (χ1) is 20.6. The van der Waals surface area contributed by atoms with Crippen LogP contribution in [-0.2, 0) is 12.4 Å². The largest absolute Gasteiger partial charge is 0.433 e. The standard InChI is InChI=1S/2C13H9F3N6/c2*1-7(8-3-4-10(20-6-8)13(14,15)16)22-12(18)11(19-2)9(5-17)21-22/h2*3-4,6-7H,18H2,1H3/t2*7-/m10/s1. The van der Waals surface area contributed by atoms with E-state index in [-0.39, 0.29) is 34.4 Å². The lowest BCUT2D eigenvalue weighted by Crippen LogP contribution is -2.13. The zero-order valence-electron chi connectivity index (χ0n) is 22.5. The van der Waals surface area contributed by atoms with Crippen molar-refractivity contribution in [3.8, 4) is 12.1 Å². The van der Waals surface area contributed by atoms with Crippen LogP contribution in [0.2, 0.25) is 0 Å². The molecule has 0 bridgehead atoms. The Hall–Kier alpha value is -6.14. The number of nitrogens with two attached hydrogens (primary N) is 2. The minimum absolute atomic E-state index is 0.0149. The van der Waals surface area contributed by atoms with E-state index >= 15 is 0 Å². The lowest BCUT2D eigenvalue weighted by atomic mass is 10.1. The van der Waals surface area contributed by atoms with E-state index in [1.54, 1.807) is 26.0 Å². The molecule has 4 aromatic rings. The molecule has 0 aliphatic heterocycles. The molecule has 4 N–H and O–H groups in total. The molecule has 18 heteroatoms. The molecule has 44 heavy (non-hydrogen) atoms. The van der Waals surface area contributed by atoms with Gasteiger partial charge in [-0.05, 0) is 37.1 Å². The van der Waals surface area contributed by atoms with Crippen LogP contribution >= 0.6 is 0 Å². The van der Waals surface area contributed by atoms with Crippen LogP contribution in [-0.4, -0.2) is 29.5 Å². The number of hydrogen-bond donors (Lipinski definition) is 2. The fourth-order valence-corrected chi connectivity index (χ4v) is 3.76. The highest BCUT2D eigenvalue weighted by Crippen LogP contribution is 2.34. The number of nitrogen functional groups attached to an aromatic ring is 2. The fraction of sp³-hybridized carbons (Fsp3) is 0.231. The van der Waals surface area contributed by atoms with E-state index in [0.717, 1.165) is 24.5 Å². The Morgan fingerprint density at radius 1 is 0.727 bits per heavy atom. The average molecular weight is 613 g/mol. The van der Waals surface area contributed by atoms with Gasteiger partial charge in [0.15, 0.2) is 11.4 Å². The first-order valence-electron chi connectivity index (χ1n) is 12.0. The molecule has 0 fully saturated rings. The Morgan fingerprint density at radius 2 is 1.07 bits per heavy atom. The number of nitrogens with zero attached hydrogens (tertiary/aromatic N) is 10. The number of pyridine rings is 2. The van der Waals surface area contributed by atoms with Crippen molar-refractivity contribution in [1.82, 2.24) is 29.5 Å². The van der Waals surface area contributed by atoms with Crippen molar-refractivity contribution in [2.24, 2.45) is 0 Å². The molecule has 0 aliphatic carbocycles. The summed E-state index contributed by atoms with van der Waals surface area (Å²) in [6.07, 6.45) is -6.90. The maximum absolute atomic E-state index is 12.5. The molecule has 0 aromatic carbocycles. The Balaban J connectivity index is 0.000000240. The number of aromatic nitrogens is 6. The summed E-state index contributed by atoms with van der Waals surface area (Å²) in [6.45, 7) is 17.2. The molecule has 4 rings (SSSR count). The second-order valence-corrected chi connectivity index (χ2v) is 8.80. The first kappa shape index (κ1) is 32.4. The summed E-state index contributed by atoms with van der Waals surface area (Å²) in [4.78, 5) is 13.0. The van der Waals surface area contributed by atoms with Gasteiger partial charge in [0.05, 0.1) is 25.2 Å². The van der Waals surface area contributed by atoms with Crippen LogP contribution in [0.1, 0.15) is 59.8 Å². The molecule has 0 spiro atoms. The minimum Gasteiger partial charge on any atom is -0.393 e. The van der Waals surface area contributed by atoms with Gasteiger partial charge in [-0.15, -0.1) is 0 Å². The number of nitriles is 2. The van der Waals surface area contributed by atoms with Crippen LogP contribution < -0.4 is 11.5 Å². The van der Waals surface area contributed by atoms with Gasteiger partial charge < -0.3 is 11.5 Å². The smallest absolute Gasteiger partial charge is 0.393 e. The zero-order valence-corrected chi connectivity index (χ0v) is 22.5. The minimum atomic E-state index is -4.52. The Kier molecular flexibility index (Phi) is 9.11. The number of alkyl halides is 6. The van der Waals surface area contributed by atoms with E-state index in [2.05, 4.69) is 29.9 Å². The molecule has 4 aromatic heterocycles. The van der Waals surface area contributed by atoms with Gasteiger partial charge in [-0.25, -0.2) is 9.69 Å². The van der Waals surface area contributed by atoms with Crippen molar-refractivity contribution < 1.29 is 26.3 Å². The molecular formula is C26H18F6N12. The van der Waals surface area contributed by atoms with Crippen LogP contribution in [0.15, 0.2) is 36.7 Å². The molecule has 224 valence electrons. The molecule has 4 heterocycles. The van der Waals surface area contributed by atoms with Gasteiger partial charge in [0.25, 0.3) is 11.4 Å². The number of hydrogen-bond acceptors (Lipinski definition) is 8. The quantitative estimate of drug-likeness (QED) is 0.214. The average Bonchev–Trinajstić information content (AvgIpc) is 3.50. The maximum atomic E-state index is 12.5. The summed E-state index contributed by atoms with van der Waals surface area (Å²) in [5, 5.41) is 25.6. The van der Waals surface area contributed by atoms with Gasteiger partial charge >= 0.3 is 12.4 Å². The predicted molar refractivity (Wildman–Crippen MR) is 141 cm³/mol. The Bertz CT molecular complexity index is 1690. The van der Waals surface area contributed by atoms with E-state index in [0.29, 0.717) is 11.1 Å². The second-order valence-electron chi connectivity index (χ2n) is 8.80. The third-order valence-electron chi connectivity index (χ3n) is 6.13. The van der Waals surface area contributed by atoms with E-state index in [4.69, 9.17) is 35.1 Å². The van der Waals surface area contributed by atoms with Crippen LogP contribution in [0, 0.1) is 35.8 Å². The van der Waals surface area contributed by atoms with Gasteiger partial charge in [-0.1, -0.05) is 12.1 Å². The van der Waals surface area contributed by atoms with E-state index in [9.17, 15) is 26.3 Å². The van der Waals surface area contributed by atoms with E-state index < -0.39 is 35.8 Å². The number of halogens is 6. The topological polar surface area (TPSA) is 170 Å². The zero-order chi connectivity index (χ0) is 33.0. The Morgan fingerprint density at radius 3 is 1.27 bits per heavy atom. The lowest BCUT2D eigenvalue weighted by Gasteiger charge is -2.15. The highest BCUT2D eigenvalue weighted by atomic mass is 19.4. The highest BCUT2D eigenvalue weighted by Gasteiger charge is 2.33. The lowest BCUT2D eigenvalue weighted by molar-refractivity contribution is -0.142. The molecule has 0 unspecified atom stereocenters. The van der Waals surface area contributed by atoms with E-state index in [1.165, 1.54) is 21.5 Å². The maximum Gasteiger partial charge on any atom is 0.433 e. The second kappa shape index (κ2) is 12.4. The van der Waals surface area contributed by atoms with Gasteiger partial charge in [0, 0.05) is 12.4 Å². The summed E-state index contributed by atoms with van der Waals surface area (Å²) in [6, 6.07) is 6.58. The van der Waals surface area contributed by atoms with E-state index in [1.807, 2.05) is 0 Å². The van der Waals surface area contributed by atoms with Gasteiger partial charge in [-0.2, -0.15) is 47.1 Å². The number of rotatable bonds is 4. The predicted octanol–water partition coefficient (Wildman–Crippen LogP) is 5.82. The molecular weight excluding hydrogens is 594 g/mol. The molecule has 0 radical (unpaired) electrons. The summed E-state index contributed by atoms with van der Waals surface area (Å²) in [5.41, 5.74) is 9.96. The molecule has 0 aliphatic rings. The highest BCUT2D eigenvalue weighted by molar-refractivity contribution is 5.71. The third kappa shape index (κ3) is 6.50. The van der Waals surface area contributed by atoms with Crippen molar-refractivity contribution in [2.45, 2.75) is 38.3 Å². The van der Waals surface area contributed by atoms with Crippen molar-refractivity contribution in [2.75, 3.05) is 11.5 Å². The summed E-state index contributed by atoms with van der Waals surface area (Å²) < 4.78 is 77.4. The monoisotopic (exact) mass is 612 g/mol. The van der Waals surface area contributed by atoms with Crippen LogP contribution in [0.3, 0.4) is 0 Å². The number of anilines is 2.